The fourth-order valence-corrected chi connectivity index (χ4v) is 2.73. The molecule has 0 saturated heterocycles. The van der Waals surface area contributed by atoms with E-state index in [2.05, 4.69) is 19.2 Å². The van der Waals surface area contributed by atoms with E-state index in [0.29, 0.717) is 23.4 Å². The van der Waals surface area contributed by atoms with Gasteiger partial charge in [-0.25, -0.2) is 4.79 Å². The first-order valence-corrected chi connectivity index (χ1v) is 6.59. The van der Waals surface area contributed by atoms with Gasteiger partial charge in [0.2, 0.25) is 0 Å². The number of nitrogens with one attached hydrogen (secondary N) is 1. The van der Waals surface area contributed by atoms with Crippen molar-refractivity contribution in [3.05, 3.63) is 29.3 Å². The van der Waals surface area contributed by atoms with Gasteiger partial charge in [-0.3, -0.25) is 0 Å². The molecule has 18 heavy (non-hydrogen) atoms. The van der Waals surface area contributed by atoms with Gasteiger partial charge in [0.25, 0.3) is 0 Å². The standard InChI is InChI=1S/C15H21NO2/c1-9-4-6-14(12(8-9)15(17)18)16-13-7-5-10(2)11(13)3/h4,6,8,10-11,13,16H,5,7H2,1-3H3,(H,17,18). The molecule has 0 amide bonds. The van der Waals surface area contributed by atoms with Crippen molar-refractivity contribution in [2.45, 2.75) is 39.7 Å². The molecule has 1 aliphatic carbocycles. The van der Waals surface area contributed by atoms with Gasteiger partial charge in [-0.05, 0) is 43.7 Å². The molecule has 3 heteroatoms. The van der Waals surface area contributed by atoms with Crippen molar-refractivity contribution < 1.29 is 9.90 Å². The Hall–Kier alpha value is -1.51. The van der Waals surface area contributed by atoms with Crippen molar-refractivity contribution in [2.75, 3.05) is 5.32 Å². The lowest BCUT2D eigenvalue weighted by atomic mass is 9.97. The van der Waals surface area contributed by atoms with Crippen LogP contribution in [0, 0.1) is 18.8 Å². The van der Waals surface area contributed by atoms with Crippen molar-refractivity contribution in [3.63, 3.8) is 0 Å². The third kappa shape index (κ3) is 2.50. The van der Waals surface area contributed by atoms with Gasteiger partial charge in [-0.2, -0.15) is 0 Å². The van der Waals surface area contributed by atoms with E-state index in [1.54, 1.807) is 6.07 Å². The minimum Gasteiger partial charge on any atom is -0.478 e. The molecule has 1 saturated carbocycles. The van der Waals surface area contributed by atoms with Crippen LogP contribution in [0.4, 0.5) is 5.69 Å². The Morgan fingerprint density at radius 1 is 1.33 bits per heavy atom. The lowest BCUT2D eigenvalue weighted by molar-refractivity contribution is 0.0697. The van der Waals surface area contributed by atoms with Crippen LogP contribution in [0.3, 0.4) is 0 Å². The van der Waals surface area contributed by atoms with E-state index < -0.39 is 5.97 Å². The number of hydrogen-bond donors (Lipinski definition) is 2. The summed E-state index contributed by atoms with van der Waals surface area (Å²) < 4.78 is 0. The molecule has 0 aromatic heterocycles. The number of benzene rings is 1. The summed E-state index contributed by atoms with van der Waals surface area (Å²) >= 11 is 0. The Morgan fingerprint density at radius 2 is 2.06 bits per heavy atom. The van der Waals surface area contributed by atoms with E-state index in [9.17, 15) is 9.90 Å². The van der Waals surface area contributed by atoms with Gasteiger partial charge in [0, 0.05) is 11.7 Å². The maximum absolute atomic E-state index is 11.3. The second-order valence-electron chi connectivity index (χ2n) is 5.52. The van der Waals surface area contributed by atoms with Gasteiger partial charge in [0.05, 0.1) is 5.56 Å². The zero-order valence-electron chi connectivity index (χ0n) is 11.2. The first-order valence-electron chi connectivity index (χ1n) is 6.59. The number of rotatable bonds is 3. The Kier molecular flexibility index (Phi) is 3.60. The molecule has 3 unspecified atom stereocenters. The molecule has 0 radical (unpaired) electrons. The number of anilines is 1. The molecular weight excluding hydrogens is 226 g/mol. The maximum atomic E-state index is 11.3. The van der Waals surface area contributed by atoms with Gasteiger partial charge in [-0.1, -0.05) is 25.5 Å². The predicted molar refractivity (Wildman–Crippen MR) is 73.1 cm³/mol. The van der Waals surface area contributed by atoms with E-state index in [4.69, 9.17) is 0 Å². The first kappa shape index (κ1) is 12.9. The summed E-state index contributed by atoms with van der Waals surface area (Å²) in [5, 5.41) is 12.7. The van der Waals surface area contributed by atoms with Gasteiger partial charge < -0.3 is 10.4 Å². The van der Waals surface area contributed by atoms with Crippen molar-refractivity contribution in [3.8, 4) is 0 Å². The summed E-state index contributed by atoms with van der Waals surface area (Å²) in [7, 11) is 0. The highest BCUT2D eigenvalue weighted by Gasteiger charge is 2.30. The van der Waals surface area contributed by atoms with Crippen LogP contribution in [0.1, 0.15) is 42.6 Å². The van der Waals surface area contributed by atoms with Gasteiger partial charge in [0.1, 0.15) is 0 Å². The highest BCUT2D eigenvalue weighted by atomic mass is 16.4. The van der Waals surface area contributed by atoms with Crippen molar-refractivity contribution in [1.82, 2.24) is 0 Å². The van der Waals surface area contributed by atoms with Gasteiger partial charge in [-0.15, -0.1) is 0 Å². The van der Waals surface area contributed by atoms with E-state index in [0.717, 1.165) is 17.7 Å². The molecule has 0 bridgehead atoms. The van der Waals surface area contributed by atoms with Crippen molar-refractivity contribution >= 4 is 11.7 Å². The Balaban J connectivity index is 2.21. The number of carbonyl (C=O) groups is 1. The molecule has 1 fully saturated rings. The first-order chi connectivity index (χ1) is 8.49. The highest BCUT2D eigenvalue weighted by molar-refractivity contribution is 5.94. The van der Waals surface area contributed by atoms with E-state index in [-0.39, 0.29) is 0 Å². The van der Waals surface area contributed by atoms with Crippen LogP contribution < -0.4 is 5.32 Å². The molecule has 1 aromatic rings. The molecule has 1 aromatic carbocycles. The third-order valence-electron chi connectivity index (χ3n) is 4.21. The van der Waals surface area contributed by atoms with Crippen LogP contribution in [0.5, 0.6) is 0 Å². The number of aryl methyl sites for hydroxylation is 1. The summed E-state index contributed by atoms with van der Waals surface area (Å²) in [5.41, 5.74) is 2.10. The van der Waals surface area contributed by atoms with Crippen LogP contribution in [-0.2, 0) is 0 Å². The van der Waals surface area contributed by atoms with Crippen LogP contribution >= 0.6 is 0 Å². The van der Waals surface area contributed by atoms with Crippen LogP contribution in [-0.4, -0.2) is 17.1 Å². The Morgan fingerprint density at radius 3 is 2.61 bits per heavy atom. The fourth-order valence-electron chi connectivity index (χ4n) is 2.73. The van der Waals surface area contributed by atoms with Crippen LogP contribution in [0.15, 0.2) is 18.2 Å². The second kappa shape index (κ2) is 5.01. The number of hydrogen-bond acceptors (Lipinski definition) is 2. The molecule has 3 atom stereocenters. The average Bonchev–Trinajstić information content (AvgIpc) is 2.63. The van der Waals surface area contributed by atoms with Gasteiger partial charge in [0.15, 0.2) is 0 Å². The summed E-state index contributed by atoms with van der Waals surface area (Å²) in [6.07, 6.45) is 2.34. The number of aromatic carboxylic acids is 1. The normalized spacial score (nSPS) is 27.2. The molecule has 0 heterocycles. The van der Waals surface area contributed by atoms with E-state index >= 15 is 0 Å². The number of carboxylic acids is 1. The third-order valence-corrected chi connectivity index (χ3v) is 4.21. The Bertz CT molecular complexity index is 456. The predicted octanol–water partition coefficient (Wildman–Crippen LogP) is 3.54. The fraction of sp³-hybridized carbons (Fsp3) is 0.533. The topological polar surface area (TPSA) is 49.3 Å². The van der Waals surface area contributed by atoms with Crippen LogP contribution in [0.25, 0.3) is 0 Å². The summed E-state index contributed by atoms with van der Waals surface area (Å²) in [6.45, 7) is 6.42. The molecule has 3 nitrogen and oxygen atoms in total. The monoisotopic (exact) mass is 247 g/mol. The lowest BCUT2D eigenvalue weighted by Crippen LogP contribution is -2.25. The smallest absolute Gasteiger partial charge is 0.337 e. The minimum absolute atomic E-state index is 0.377. The lowest BCUT2D eigenvalue weighted by Gasteiger charge is -2.22. The molecule has 1 aliphatic rings. The molecular formula is C15H21NO2. The SMILES string of the molecule is Cc1ccc(NC2CCC(C)C2C)c(C(=O)O)c1. The van der Waals surface area contributed by atoms with E-state index in [1.165, 1.54) is 6.42 Å². The van der Waals surface area contributed by atoms with Gasteiger partial charge >= 0.3 is 5.97 Å². The molecule has 0 aliphatic heterocycles. The van der Waals surface area contributed by atoms with Crippen LogP contribution in [0.2, 0.25) is 0 Å². The minimum atomic E-state index is -0.861. The summed E-state index contributed by atoms with van der Waals surface area (Å²) in [4.78, 5) is 11.3. The quantitative estimate of drug-likeness (QED) is 0.859. The zero-order chi connectivity index (χ0) is 13.3. The maximum Gasteiger partial charge on any atom is 0.337 e. The summed E-state index contributed by atoms with van der Waals surface area (Å²) in [5.74, 6) is 0.439. The molecule has 0 spiro atoms. The highest BCUT2D eigenvalue weighted by Crippen LogP contribution is 2.34. The second-order valence-corrected chi connectivity index (χ2v) is 5.52. The zero-order valence-corrected chi connectivity index (χ0v) is 11.2. The van der Waals surface area contributed by atoms with Crippen molar-refractivity contribution in [2.24, 2.45) is 11.8 Å². The van der Waals surface area contributed by atoms with Crippen molar-refractivity contribution in [1.29, 1.82) is 0 Å². The summed E-state index contributed by atoms with van der Waals surface area (Å²) in [6, 6.07) is 5.96. The van der Waals surface area contributed by atoms with E-state index in [1.807, 2.05) is 19.1 Å². The largest absolute Gasteiger partial charge is 0.478 e. The molecule has 2 N–H and O–H groups in total. The molecule has 2 rings (SSSR count). The number of carboxylic acid groups (broad SMARTS) is 1. The molecule has 98 valence electrons. The average molecular weight is 247 g/mol. The Labute approximate surface area is 108 Å².